The number of nitrogens with zero attached hydrogens (tertiary/aromatic N) is 5. The summed E-state index contributed by atoms with van der Waals surface area (Å²) >= 11 is 0. The molecule has 10 nitrogen and oxygen atoms in total. The van der Waals surface area contributed by atoms with Crippen LogP contribution < -0.4 is 15.0 Å². The lowest BCUT2D eigenvalue weighted by molar-refractivity contribution is 0.0192. The molecule has 5 rings (SSSR count). The number of benzene rings is 1. The summed E-state index contributed by atoms with van der Waals surface area (Å²) in [4.78, 5) is 38.2. The van der Waals surface area contributed by atoms with Gasteiger partial charge in [-0.25, -0.2) is 14.2 Å². The number of carbonyl (C=O) groups is 1. The second-order valence-electron chi connectivity index (χ2n) is 10.9. The predicted molar refractivity (Wildman–Crippen MR) is 142 cm³/mol. The van der Waals surface area contributed by atoms with E-state index in [9.17, 15) is 14.0 Å². The van der Waals surface area contributed by atoms with E-state index in [1.165, 1.54) is 18.3 Å². The Hall–Kier alpha value is -3.73. The second kappa shape index (κ2) is 11.2. The maximum absolute atomic E-state index is 13.6. The third-order valence-corrected chi connectivity index (χ3v) is 7.12. The van der Waals surface area contributed by atoms with E-state index in [-0.39, 0.29) is 30.1 Å². The summed E-state index contributed by atoms with van der Waals surface area (Å²) < 4.78 is 32.0. The molecule has 208 valence electrons. The Balaban J connectivity index is 1.18. The average molecular weight is 540 g/mol. The molecule has 39 heavy (non-hydrogen) atoms. The van der Waals surface area contributed by atoms with Gasteiger partial charge in [-0.15, -0.1) is 0 Å². The van der Waals surface area contributed by atoms with E-state index in [1.54, 1.807) is 22.9 Å². The molecule has 1 saturated heterocycles. The van der Waals surface area contributed by atoms with Crippen molar-refractivity contribution < 1.29 is 23.4 Å². The van der Waals surface area contributed by atoms with Gasteiger partial charge >= 0.3 is 6.09 Å². The minimum atomic E-state index is -0.428. The summed E-state index contributed by atoms with van der Waals surface area (Å²) in [7, 11) is 0. The number of halogens is 1. The first-order valence-electron chi connectivity index (χ1n) is 13.3. The van der Waals surface area contributed by atoms with Crippen molar-refractivity contribution in [1.82, 2.24) is 24.3 Å². The fraction of sp³-hybridized carbons (Fsp3) is 0.500. The molecule has 0 saturated carbocycles. The zero-order valence-electron chi connectivity index (χ0n) is 22.6. The number of piperidine rings is 1. The first-order valence-corrected chi connectivity index (χ1v) is 13.3. The van der Waals surface area contributed by atoms with E-state index >= 15 is 0 Å². The molecule has 1 aromatic carbocycles. The number of rotatable bonds is 6. The molecular weight excluding hydrogens is 505 g/mol. The minimum absolute atomic E-state index is 0.0226. The smallest absolute Gasteiger partial charge is 0.410 e. The molecular formula is C28H34FN5O5. The van der Waals surface area contributed by atoms with Crippen LogP contribution in [-0.2, 0) is 17.9 Å². The van der Waals surface area contributed by atoms with E-state index in [4.69, 9.17) is 14.2 Å². The lowest BCUT2D eigenvalue weighted by atomic mass is 9.97. The zero-order valence-corrected chi connectivity index (χ0v) is 22.6. The van der Waals surface area contributed by atoms with Crippen LogP contribution in [0.1, 0.15) is 39.3 Å². The Morgan fingerprint density at radius 2 is 1.82 bits per heavy atom. The van der Waals surface area contributed by atoms with Gasteiger partial charge in [0.1, 0.15) is 25.6 Å². The highest BCUT2D eigenvalue weighted by Crippen LogP contribution is 2.30. The van der Waals surface area contributed by atoms with Crippen LogP contribution in [0.5, 0.6) is 11.5 Å². The molecule has 1 amide bonds. The van der Waals surface area contributed by atoms with Crippen molar-refractivity contribution in [1.29, 1.82) is 0 Å². The molecule has 11 heteroatoms. The Labute approximate surface area is 226 Å². The van der Waals surface area contributed by atoms with Gasteiger partial charge in [-0.2, -0.15) is 0 Å². The van der Waals surface area contributed by atoms with E-state index in [1.807, 2.05) is 25.7 Å². The normalized spacial score (nSPS) is 16.3. The Bertz CT molecular complexity index is 1400. The minimum Gasteiger partial charge on any atom is -0.486 e. The van der Waals surface area contributed by atoms with Crippen LogP contribution in [0.25, 0.3) is 11.0 Å². The third kappa shape index (κ3) is 6.13. The maximum atomic E-state index is 13.6. The van der Waals surface area contributed by atoms with Crippen molar-refractivity contribution in [2.45, 2.75) is 58.3 Å². The first-order chi connectivity index (χ1) is 18.7. The van der Waals surface area contributed by atoms with Crippen molar-refractivity contribution in [3.63, 3.8) is 0 Å². The lowest BCUT2D eigenvalue weighted by Crippen LogP contribution is -2.55. The highest BCUT2D eigenvalue weighted by molar-refractivity contribution is 5.74. The summed E-state index contributed by atoms with van der Waals surface area (Å²) in [6.07, 6.45) is 4.02. The molecule has 0 aliphatic carbocycles. The second-order valence-corrected chi connectivity index (χ2v) is 10.9. The monoisotopic (exact) mass is 539 g/mol. The number of aromatic nitrogens is 3. The van der Waals surface area contributed by atoms with Crippen molar-refractivity contribution >= 4 is 17.1 Å². The van der Waals surface area contributed by atoms with Crippen LogP contribution in [0.15, 0.2) is 41.5 Å². The van der Waals surface area contributed by atoms with Crippen LogP contribution in [0.4, 0.5) is 9.18 Å². The number of hydrogen-bond donors (Lipinski definition) is 0. The summed E-state index contributed by atoms with van der Waals surface area (Å²) in [5, 5.41) is 0. The average Bonchev–Trinajstić information content (AvgIpc) is 2.91. The number of likely N-dealkylation sites (tertiary alicyclic amines) is 1. The number of fused-ring (bicyclic) bond motifs is 2. The van der Waals surface area contributed by atoms with Crippen LogP contribution in [0.2, 0.25) is 0 Å². The number of carbonyl (C=O) groups excluding carboxylic acids is 1. The summed E-state index contributed by atoms with van der Waals surface area (Å²) in [6, 6.07) is 6.04. The molecule has 2 aliphatic rings. The molecule has 0 N–H and O–H groups in total. The van der Waals surface area contributed by atoms with Crippen molar-refractivity contribution in [3.05, 3.63) is 58.5 Å². The van der Waals surface area contributed by atoms with Gasteiger partial charge in [-0.3, -0.25) is 9.78 Å². The number of amides is 1. The fourth-order valence-electron chi connectivity index (χ4n) is 5.26. The topological polar surface area (TPSA) is 99.0 Å². The molecule has 0 unspecified atom stereocenters. The van der Waals surface area contributed by atoms with E-state index in [0.717, 1.165) is 25.9 Å². The van der Waals surface area contributed by atoms with E-state index in [2.05, 4.69) is 14.9 Å². The van der Waals surface area contributed by atoms with Gasteiger partial charge in [-0.05, 0) is 45.7 Å². The summed E-state index contributed by atoms with van der Waals surface area (Å²) in [6.45, 7) is 9.72. The molecule has 0 bridgehead atoms. The summed E-state index contributed by atoms with van der Waals surface area (Å²) in [5.74, 6) is 0.818. The Morgan fingerprint density at radius 1 is 1.08 bits per heavy atom. The zero-order chi connectivity index (χ0) is 27.6. The van der Waals surface area contributed by atoms with Crippen molar-refractivity contribution in [2.24, 2.45) is 0 Å². The third-order valence-electron chi connectivity index (χ3n) is 7.12. The maximum Gasteiger partial charge on any atom is 0.410 e. The van der Waals surface area contributed by atoms with Crippen molar-refractivity contribution in [3.8, 4) is 11.5 Å². The van der Waals surface area contributed by atoms with Crippen LogP contribution in [-0.4, -0.2) is 74.9 Å². The molecule has 3 aromatic rings. The van der Waals surface area contributed by atoms with Gasteiger partial charge in [0.25, 0.3) is 5.56 Å². The molecule has 0 spiro atoms. The largest absolute Gasteiger partial charge is 0.486 e. The highest BCUT2D eigenvalue weighted by atomic mass is 19.1. The summed E-state index contributed by atoms with van der Waals surface area (Å²) in [5.41, 5.74) is 1.03. The van der Waals surface area contributed by atoms with Gasteiger partial charge in [0, 0.05) is 49.9 Å². The quantitative estimate of drug-likeness (QED) is 0.469. The van der Waals surface area contributed by atoms with Gasteiger partial charge in [0.2, 0.25) is 0 Å². The standard InChI is InChI=1S/C28H34FN5O5/c1-28(2,3)34(27(36)39-18-20-15-24-25(16-30-20)38-13-12-37-24)21-6-8-32(9-7-21)10-11-33-23-5-4-19(29)14-22(23)31-17-26(33)35/h4-5,14-17,21H,6-13,18H2,1-3H3. The molecule has 4 heterocycles. The number of ether oxygens (including phenoxy) is 3. The highest BCUT2D eigenvalue weighted by Gasteiger charge is 2.36. The van der Waals surface area contributed by atoms with E-state index < -0.39 is 5.54 Å². The molecule has 2 aliphatic heterocycles. The number of hydrogen-bond acceptors (Lipinski definition) is 8. The van der Waals surface area contributed by atoms with Gasteiger partial charge in [0.15, 0.2) is 11.5 Å². The van der Waals surface area contributed by atoms with Crippen LogP contribution in [0, 0.1) is 5.82 Å². The van der Waals surface area contributed by atoms with Crippen LogP contribution >= 0.6 is 0 Å². The van der Waals surface area contributed by atoms with Crippen molar-refractivity contribution in [2.75, 3.05) is 32.8 Å². The fourth-order valence-corrected chi connectivity index (χ4v) is 5.26. The first kappa shape index (κ1) is 26.9. The number of pyridine rings is 1. The molecule has 0 atom stereocenters. The lowest BCUT2D eigenvalue weighted by Gasteiger charge is -2.44. The Kier molecular flexibility index (Phi) is 7.69. The van der Waals surface area contributed by atoms with Crippen LogP contribution in [0.3, 0.4) is 0 Å². The SMILES string of the molecule is CC(C)(C)N(C(=O)OCc1cc2c(cn1)OCCO2)C1CCN(CCn2c(=O)cnc3cc(F)ccc32)CC1. The molecule has 0 radical (unpaired) electrons. The van der Waals surface area contributed by atoms with Gasteiger partial charge in [-0.1, -0.05) is 0 Å². The van der Waals surface area contributed by atoms with E-state index in [0.29, 0.717) is 54.5 Å². The predicted octanol–water partition coefficient (Wildman–Crippen LogP) is 3.60. The molecule has 1 fully saturated rings. The van der Waals surface area contributed by atoms with Gasteiger partial charge < -0.3 is 28.6 Å². The molecule has 2 aromatic heterocycles. The Morgan fingerprint density at radius 3 is 2.56 bits per heavy atom. The van der Waals surface area contributed by atoms with Gasteiger partial charge in [0.05, 0.1) is 29.1 Å².